The summed E-state index contributed by atoms with van der Waals surface area (Å²) in [4.78, 5) is 24.4. The van der Waals surface area contributed by atoms with Gasteiger partial charge < -0.3 is 10.2 Å². The van der Waals surface area contributed by atoms with Crippen molar-refractivity contribution in [3.05, 3.63) is 65.0 Å². The molecule has 2 aromatic carbocycles. The van der Waals surface area contributed by atoms with Gasteiger partial charge in [0.05, 0.1) is 5.52 Å². The minimum atomic E-state index is 0.0710. The lowest BCUT2D eigenvalue weighted by atomic mass is 9.79. The number of unbranched alkanes of at least 4 members (excludes halogenated alkanes) is 1. The maximum Gasteiger partial charge on any atom is 0.251 e. The zero-order valence-electron chi connectivity index (χ0n) is 21.8. The van der Waals surface area contributed by atoms with Crippen molar-refractivity contribution in [2.75, 3.05) is 25.5 Å². The molecular weight excluding hydrogens is 432 g/mol. The SMILES string of the molecule is Cc1cccc(C(=O)NCC2CCC(CCCCc3nc(N(C)C)c4ccccc4n3)CC2)c1C. The predicted octanol–water partition coefficient (Wildman–Crippen LogP) is 6.26. The number of nitrogens with one attached hydrogen (secondary N) is 1. The number of carbonyl (C=O) groups excluding carboxylic acids is 1. The van der Waals surface area contributed by atoms with Gasteiger partial charge in [0.15, 0.2) is 0 Å². The van der Waals surface area contributed by atoms with Gasteiger partial charge in [0.1, 0.15) is 11.6 Å². The largest absolute Gasteiger partial charge is 0.362 e. The predicted molar refractivity (Wildman–Crippen MR) is 145 cm³/mol. The quantitative estimate of drug-likeness (QED) is 0.373. The second kappa shape index (κ2) is 11.7. The second-order valence-corrected chi connectivity index (χ2v) is 10.5. The Hall–Kier alpha value is -2.95. The Kier molecular flexibility index (Phi) is 8.37. The molecule has 1 aliphatic carbocycles. The molecule has 1 aromatic heterocycles. The summed E-state index contributed by atoms with van der Waals surface area (Å²) in [5.74, 6) is 3.46. The van der Waals surface area contributed by atoms with Crippen LogP contribution in [0.5, 0.6) is 0 Å². The molecule has 0 aliphatic heterocycles. The zero-order chi connectivity index (χ0) is 24.8. The number of anilines is 1. The molecule has 0 radical (unpaired) electrons. The van der Waals surface area contributed by atoms with Gasteiger partial charge in [-0.3, -0.25) is 4.79 Å². The number of fused-ring (bicyclic) bond motifs is 1. The fourth-order valence-corrected chi connectivity index (χ4v) is 5.33. The molecule has 1 N–H and O–H groups in total. The maximum atomic E-state index is 12.6. The van der Waals surface area contributed by atoms with E-state index in [0.29, 0.717) is 5.92 Å². The van der Waals surface area contributed by atoms with E-state index in [2.05, 4.69) is 35.3 Å². The van der Waals surface area contributed by atoms with Crippen LogP contribution in [0.15, 0.2) is 42.5 Å². The number of benzene rings is 2. The molecular formula is C30H40N4O. The van der Waals surface area contributed by atoms with Crippen molar-refractivity contribution in [1.82, 2.24) is 15.3 Å². The van der Waals surface area contributed by atoms with Crippen LogP contribution in [-0.4, -0.2) is 36.5 Å². The summed E-state index contributed by atoms with van der Waals surface area (Å²) in [6.07, 6.45) is 9.59. The Morgan fingerprint density at radius 2 is 1.69 bits per heavy atom. The molecule has 1 heterocycles. The summed E-state index contributed by atoms with van der Waals surface area (Å²) in [5, 5.41) is 4.30. The van der Waals surface area contributed by atoms with Crippen LogP contribution in [0.1, 0.15) is 72.3 Å². The van der Waals surface area contributed by atoms with Crippen molar-refractivity contribution in [3.8, 4) is 0 Å². The van der Waals surface area contributed by atoms with Gasteiger partial charge in [-0.15, -0.1) is 0 Å². The highest BCUT2D eigenvalue weighted by atomic mass is 16.1. The van der Waals surface area contributed by atoms with Crippen molar-refractivity contribution in [2.24, 2.45) is 11.8 Å². The van der Waals surface area contributed by atoms with E-state index >= 15 is 0 Å². The van der Waals surface area contributed by atoms with Crippen LogP contribution in [0, 0.1) is 25.7 Å². The van der Waals surface area contributed by atoms with Gasteiger partial charge in [-0.05, 0) is 74.3 Å². The van der Waals surface area contributed by atoms with E-state index in [0.717, 1.165) is 59.0 Å². The molecule has 1 fully saturated rings. The highest BCUT2D eigenvalue weighted by molar-refractivity contribution is 5.95. The van der Waals surface area contributed by atoms with Crippen LogP contribution in [0.4, 0.5) is 5.82 Å². The Morgan fingerprint density at radius 1 is 0.943 bits per heavy atom. The van der Waals surface area contributed by atoms with Gasteiger partial charge in [-0.25, -0.2) is 9.97 Å². The lowest BCUT2D eigenvalue weighted by Crippen LogP contribution is -2.31. The molecule has 3 aromatic rings. The first-order valence-electron chi connectivity index (χ1n) is 13.2. The maximum absolute atomic E-state index is 12.6. The number of rotatable bonds is 9. The standard InChI is InChI=1S/C30H40N4O/c1-21-10-9-13-25(22(21)2)30(35)31-20-24-18-16-23(17-19-24)11-5-8-15-28-32-27-14-7-6-12-26(27)29(33-28)34(3)4/h6-7,9-10,12-14,23-24H,5,8,11,15-20H2,1-4H3,(H,31,35). The summed E-state index contributed by atoms with van der Waals surface area (Å²) in [5.41, 5.74) is 4.10. The molecule has 0 spiro atoms. The molecule has 35 heavy (non-hydrogen) atoms. The summed E-state index contributed by atoms with van der Waals surface area (Å²) < 4.78 is 0. The van der Waals surface area contributed by atoms with Crippen molar-refractivity contribution >= 4 is 22.6 Å². The van der Waals surface area contributed by atoms with Crippen LogP contribution in [0.2, 0.25) is 0 Å². The first-order chi connectivity index (χ1) is 16.9. The minimum absolute atomic E-state index is 0.0710. The van der Waals surface area contributed by atoms with E-state index < -0.39 is 0 Å². The molecule has 1 aliphatic rings. The zero-order valence-corrected chi connectivity index (χ0v) is 21.8. The van der Waals surface area contributed by atoms with Gasteiger partial charge in [0, 0.05) is 38.0 Å². The molecule has 4 rings (SSSR count). The normalized spacial score (nSPS) is 17.9. The summed E-state index contributed by atoms with van der Waals surface area (Å²) in [6.45, 7) is 4.89. The lowest BCUT2D eigenvalue weighted by molar-refractivity contribution is 0.0940. The fourth-order valence-electron chi connectivity index (χ4n) is 5.33. The average molecular weight is 473 g/mol. The van der Waals surface area contributed by atoms with E-state index in [1.54, 1.807) is 0 Å². The number of para-hydroxylation sites is 1. The second-order valence-electron chi connectivity index (χ2n) is 10.5. The first kappa shape index (κ1) is 25.2. The molecule has 5 nitrogen and oxygen atoms in total. The van der Waals surface area contributed by atoms with Crippen LogP contribution >= 0.6 is 0 Å². The number of nitrogens with zero attached hydrogens (tertiary/aromatic N) is 3. The van der Waals surface area contributed by atoms with E-state index in [-0.39, 0.29) is 5.91 Å². The van der Waals surface area contributed by atoms with E-state index in [4.69, 9.17) is 9.97 Å². The number of aromatic nitrogens is 2. The number of amides is 1. The lowest BCUT2D eigenvalue weighted by Gasteiger charge is -2.28. The third-order valence-electron chi connectivity index (χ3n) is 7.68. The van der Waals surface area contributed by atoms with Gasteiger partial charge in [-0.1, -0.05) is 49.9 Å². The summed E-state index contributed by atoms with van der Waals surface area (Å²) in [7, 11) is 4.09. The third-order valence-corrected chi connectivity index (χ3v) is 7.68. The van der Waals surface area contributed by atoms with Gasteiger partial charge >= 0.3 is 0 Å². The van der Waals surface area contributed by atoms with E-state index in [9.17, 15) is 4.79 Å². The highest BCUT2D eigenvalue weighted by Crippen LogP contribution is 2.32. The van der Waals surface area contributed by atoms with Crippen LogP contribution in [0.3, 0.4) is 0 Å². The van der Waals surface area contributed by atoms with E-state index in [1.165, 1.54) is 44.1 Å². The van der Waals surface area contributed by atoms with Crippen LogP contribution in [0.25, 0.3) is 10.9 Å². The molecule has 0 atom stereocenters. The molecule has 0 bridgehead atoms. The number of aryl methyl sites for hydroxylation is 2. The van der Waals surface area contributed by atoms with Crippen LogP contribution in [-0.2, 0) is 6.42 Å². The van der Waals surface area contributed by atoms with Gasteiger partial charge in [-0.2, -0.15) is 0 Å². The van der Waals surface area contributed by atoms with Crippen molar-refractivity contribution < 1.29 is 4.79 Å². The van der Waals surface area contributed by atoms with E-state index in [1.807, 2.05) is 45.3 Å². The Morgan fingerprint density at radius 3 is 2.46 bits per heavy atom. The number of hydrogen-bond acceptors (Lipinski definition) is 4. The van der Waals surface area contributed by atoms with Crippen LogP contribution < -0.4 is 10.2 Å². The van der Waals surface area contributed by atoms with Gasteiger partial charge in [0.25, 0.3) is 5.91 Å². The Balaban J connectivity index is 1.18. The molecule has 5 heteroatoms. The number of hydrogen-bond donors (Lipinski definition) is 1. The molecule has 0 saturated heterocycles. The highest BCUT2D eigenvalue weighted by Gasteiger charge is 2.22. The topological polar surface area (TPSA) is 58.1 Å². The smallest absolute Gasteiger partial charge is 0.251 e. The summed E-state index contributed by atoms with van der Waals surface area (Å²) in [6, 6.07) is 14.2. The van der Waals surface area contributed by atoms with Crippen molar-refractivity contribution in [3.63, 3.8) is 0 Å². The average Bonchev–Trinajstić information content (AvgIpc) is 2.87. The molecule has 0 unspecified atom stereocenters. The molecule has 1 saturated carbocycles. The minimum Gasteiger partial charge on any atom is -0.362 e. The van der Waals surface area contributed by atoms with Gasteiger partial charge in [0.2, 0.25) is 0 Å². The Labute approximate surface area is 210 Å². The third kappa shape index (κ3) is 6.39. The monoisotopic (exact) mass is 472 g/mol. The Bertz CT molecular complexity index is 1150. The van der Waals surface area contributed by atoms with Crippen molar-refractivity contribution in [2.45, 2.75) is 65.2 Å². The molecule has 186 valence electrons. The molecule has 1 amide bonds. The first-order valence-corrected chi connectivity index (χ1v) is 13.2. The fraction of sp³-hybridized carbons (Fsp3) is 0.500. The van der Waals surface area contributed by atoms with Crippen molar-refractivity contribution in [1.29, 1.82) is 0 Å². The number of carbonyl (C=O) groups is 1. The summed E-state index contributed by atoms with van der Waals surface area (Å²) >= 11 is 0.